The van der Waals surface area contributed by atoms with Gasteiger partial charge in [0.25, 0.3) is 23.6 Å². The molecular weight excluding hydrogens is 648 g/mol. The largest absolute Gasteiger partial charge is 0.274 e. The summed E-state index contributed by atoms with van der Waals surface area (Å²) in [5.41, 5.74) is -0.808. The summed E-state index contributed by atoms with van der Waals surface area (Å²) >= 11 is 0. The molecule has 0 bridgehead atoms. The second-order valence-electron chi connectivity index (χ2n) is 13.9. The van der Waals surface area contributed by atoms with Crippen LogP contribution in [0.5, 0.6) is 0 Å². The van der Waals surface area contributed by atoms with E-state index in [2.05, 4.69) is 0 Å². The van der Waals surface area contributed by atoms with Crippen LogP contribution in [0.3, 0.4) is 0 Å². The zero-order chi connectivity index (χ0) is 35.8. The predicted octanol–water partition coefficient (Wildman–Crippen LogP) is 9.92. The van der Waals surface area contributed by atoms with Crippen LogP contribution >= 0.6 is 0 Å². The minimum atomic E-state index is -1.08. The van der Waals surface area contributed by atoms with Crippen LogP contribution in [0.25, 0.3) is 43.1 Å². The summed E-state index contributed by atoms with van der Waals surface area (Å²) in [4.78, 5) is 57.6. The number of carbonyl (C=O) groups excluding carboxylic acids is 4. The van der Waals surface area contributed by atoms with Gasteiger partial charge in [0.15, 0.2) is 0 Å². The molecule has 2 heterocycles. The summed E-state index contributed by atoms with van der Waals surface area (Å²) in [7, 11) is 0. The Bertz CT molecular complexity index is 1990. The third-order valence-corrected chi connectivity index (χ3v) is 11.0. The Hall–Kier alpha value is -4.60. The molecule has 2 unspecified atom stereocenters. The summed E-state index contributed by atoms with van der Waals surface area (Å²) < 4.78 is 65.9. The number of unbranched alkanes of at least 4 members (excludes halogenated alkanes) is 2. The van der Waals surface area contributed by atoms with Crippen molar-refractivity contribution in [2.75, 3.05) is 13.1 Å². The maximum Gasteiger partial charge on any atom is 0.261 e. The van der Waals surface area contributed by atoms with Crippen molar-refractivity contribution < 1.29 is 36.7 Å². The van der Waals surface area contributed by atoms with E-state index < -0.39 is 68.4 Å². The van der Waals surface area contributed by atoms with Crippen LogP contribution in [0.15, 0.2) is 24.3 Å². The van der Waals surface area contributed by atoms with Gasteiger partial charge in [-0.2, -0.15) is 0 Å². The van der Waals surface area contributed by atoms with Crippen LogP contribution in [-0.4, -0.2) is 46.5 Å². The van der Waals surface area contributed by atoms with E-state index in [1.807, 2.05) is 27.7 Å². The summed E-state index contributed by atoms with van der Waals surface area (Å²) in [6.07, 6.45) is 6.51. The van der Waals surface area contributed by atoms with Crippen molar-refractivity contribution in [1.29, 1.82) is 0 Å². The minimum Gasteiger partial charge on any atom is -0.274 e. The second kappa shape index (κ2) is 12.6. The van der Waals surface area contributed by atoms with E-state index in [1.54, 1.807) is 0 Å². The topological polar surface area (TPSA) is 74.8 Å². The lowest BCUT2D eigenvalue weighted by Gasteiger charge is -2.32. The molecule has 4 amide bonds. The molecule has 0 fully saturated rings. The zero-order valence-electron chi connectivity index (χ0n) is 28.6. The SMILES string of the molecule is CCCCC(CC)CN1C(=O)c2cc(F)c3c4c(F)cc5c6c(cc(F)c(c7c(F)cc(c2c37)C1=O)c64)C(=O)N(CC(CC)CCCC)C5=O. The Labute approximate surface area is 286 Å². The Morgan fingerprint density at radius 2 is 0.740 bits per heavy atom. The summed E-state index contributed by atoms with van der Waals surface area (Å²) in [6.45, 7) is 8.09. The molecule has 0 spiro atoms. The molecule has 0 saturated carbocycles. The first-order valence-electron chi connectivity index (χ1n) is 17.7. The van der Waals surface area contributed by atoms with E-state index in [4.69, 9.17) is 0 Å². The quantitative estimate of drug-likeness (QED) is 0.0567. The average molecular weight is 687 g/mol. The highest BCUT2D eigenvalue weighted by Gasteiger charge is 2.41. The van der Waals surface area contributed by atoms with Gasteiger partial charge < -0.3 is 0 Å². The van der Waals surface area contributed by atoms with Crippen molar-refractivity contribution in [3.05, 3.63) is 69.8 Å². The van der Waals surface area contributed by atoms with E-state index in [0.29, 0.717) is 12.8 Å². The Morgan fingerprint density at radius 3 is 0.980 bits per heavy atom. The third-order valence-electron chi connectivity index (χ3n) is 11.0. The van der Waals surface area contributed by atoms with Gasteiger partial charge in [0.1, 0.15) is 23.3 Å². The number of hydrogen-bond acceptors (Lipinski definition) is 4. The molecule has 2 aliphatic heterocycles. The van der Waals surface area contributed by atoms with E-state index in [0.717, 1.165) is 72.6 Å². The fourth-order valence-corrected chi connectivity index (χ4v) is 8.24. The molecule has 7 rings (SSSR count). The fraction of sp³-hybridized carbons (Fsp3) is 0.400. The van der Waals surface area contributed by atoms with Crippen LogP contribution in [-0.2, 0) is 0 Å². The summed E-state index contributed by atoms with van der Waals surface area (Å²) in [6, 6.07) is 3.69. The lowest BCUT2D eigenvalue weighted by Crippen LogP contribution is -2.43. The van der Waals surface area contributed by atoms with Gasteiger partial charge in [0, 0.05) is 56.2 Å². The van der Waals surface area contributed by atoms with Gasteiger partial charge in [-0.25, -0.2) is 17.6 Å². The Balaban J connectivity index is 1.50. The fourth-order valence-electron chi connectivity index (χ4n) is 8.24. The van der Waals surface area contributed by atoms with Gasteiger partial charge in [-0.05, 0) is 48.9 Å². The minimum absolute atomic E-state index is 0.0211. The lowest BCUT2D eigenvalue weighted by atomic mass is 9.81. The van der Waals surface area contributed by atoms with Gasteiger partial charge in [-0.3, -0.25) is 29.0 Å². The Kier molecular flexibility index (Phi) is 8.55. The van der Waals surface area contributed by atoms with Crippen LogP contribution in [0.2, 0.25) is 0 Å². The van der Waals surface area contributed by atoms with E-state index in [-0.39, 0.29) is 68.7 Å². The molecule has 0 saturated heterocycles. The number of nitrogens with zero attached hydrogens (tertiary/aromatic N) is 2. The van der Waals surface area contributed by atoms with Gasteiger partial charge >= 0.3 is 0 Å². The molecule has 0 aromatic heterocycles. The van der Waals surface area contributed by atoms with Crippen LogP contribution in [0.1, 0.15) is 120 Å². The lowest BCUT2D eigenvalue weighted by molar-refractivity contribution is 0.0564. The maximum absolute atomic E-state index is 16.5. The first-order chi connectivity index (χ1) is 24.0. The number of amides is 4. The number of rotatable bonds is 12. The highest BCUT2D eigenvalue weighted by Crippen LogP contribution is 2.49. The van der Waals surface area contributed by atoms with Crippen LogP contribution in [0, 0.1) is 35.1 Å². The van der Waals surface area contributed by atoms with Crippen molar-refractivity contribution in [3.8, 4) is 0 Å². The molecule has 0 N–H and O–H groups in total. The third kappa shape index (κ3) is 4.81. The van der Waals surface area contributed by atoms with E-state index >= 15 is 17.6 Å². The predicted molar refractivity (Wildman–Crippen MR) is 185 cm³/mol. The van der Waals surface area contributed by atoms with Gasteiger partial charge in [0.2, 0.25) is 0 Å². The van der Waals surface area contributed by atoms with Crippen molar-refractivity contribution in [2.24, 2.45) is 11.8 Å². The Morgan fingerprint density at radius 1 is 0.460 bits per heavy atom. The number of hydrogen-bond donors (Lipinski definition) is 0. The normalized spacial score (nSPS) is 15.9. The monoisotopic (exact) mass is 686 g/mol. The van der Waals surface area contributed by atoms with Gasteiger partial charge in [-0.15, -0.1) is 0 Å². The second-order valence-corrected chi connectivity index (χ2v) is 13.9. The van der Waals surface area contributed by atoms with Crippen LogP contribution in [0.4, 0.5) is 17.6 Å². The smallest absolute Gasteiger partial charge is 0.261 e. The molecule has 5 aromatic rings. The van der Waals surface area contributed by atoms with Gasteiger partial charge in [-0.1, -0.05) is 66.2 Å². The standard InChI is InChI=1S/C40H38F4N2O4/c1-5-9-11-19(7-3)17-45-37(47)21-13-25(41)31-33-27(43)15-23-30-24(40(50)46(39(23)49)18-20(8-4)12-10-6-2)16-28(44)34(36(30)33)32-26(42)14-22(38(45)48)29(21)35(31)32/h13-16,19-20H,5-12,17-18H2,1-4H3. The highest BCUT2D eigenvalue weighted by atomic mass is 19.1. The first kappa shape index (κ1) is 33.9. The number of imide groups is 2. The zero-order valence-corrected chi connectivity index (χ0v) is 28.6. The van der Waals surface area contributed by atoms with Crippen molar-refractivity contribution in [3.63, 3.8) is 0 Å². The highest BCUT2D eigenvalue weighted by molar-refractivity contribution is 6.41. The van der Waals surface area contributed by atoms with Crippen LogP contribution < -0.4 is 0 Å². The van der Waals surface area contributed by atoms with E-state index in [1.165, 1.54) is 0 Å². The summed E-state index contributed by atoms with van der Waals surface area (Å²) in [5, 5.41) is -2.57. The average Bonchev–Trinajstić information content (AvgIpc) is 3.10. The molecule has 0 aliphatic carbocycles. The van der Waals surface area contributed by atoms with Crippen molar-refractivity contribution in [2.45, 2.75) is 79.1 Å². The summed E-state index contributed by atoms with van der Waals surface area (Å²) in [5.74, 6) is -7.41. The molecular formula is C40H38F4N2O4. The number of fused-ring (bicyclic) bond motifs is 2. The maximum atomic E-state index is 16.5. The molecule has 50 heavy (non-hydrogen) atoms. The van der Waals surface area contributed by atoms with Gasteiger partial charge in [0.05, 0.1) is 22.3 Å². The molecule has 2 aliphatic rings. The number of benzene rings is 5. The van der Waals surface area contributed by atoms with E-state index in [9.17, 15) is 19.2 Å². The number of carbonyl (C=O) groups is 4. The molecule has 2 atom stereocenters. The first-order valence-corrected chi connectivity index (χ1v) is 17.7. The van der Waals surface area contributed by atoms with Crippen molar-refractivity contribution in [1.82, 2.24) is 9.80 Å². The molecule has 5 aromatic carbocycles. The molecule has 0 radical (unpaired) electrons. The number of halogens is 4. The molecule has 260 valence electrons. The molecule has 10 heteroatoms. The van der Waals surface area contributed by atoms with Crippen molar-refractivity contribution >= 4 is 66.7 Å². The molecule has 6 nitrogen and oxygen atoms in total.